The maximum Gasteiger partial charge on any atom is 0.267 e. The molecule has 6 nitrogen and oxygen atoms in total. The predicted octanol–water partition coefficient (Wildman–Crippen LogP) is 5.36. The van der Waals surface area contributed by atoms with Crippen LogP contribution in [0.25, 0.3) is 6.08 Å². The number of aliphatic imine (C=N–C) groups is 1. The number of methoxy groups -OCH3 is 1. The molecule has 2 aromatic rings. The predicted molar refractivity (Wildman–Crippen MR) is 122 cm³/mol. The average molecular weight is 437 g/mol. The van der Waals surface area contributed by atoms with Gasteiger partial charge in [-0.15, -0.1) is 0 Å². The van der Waals surface area contributed by atoms with Gasteiger partial charge in [-0.05, 0) is 72.6 Å². The topological polar surface area (TPSA) is 60.4 Å². The number of amidine groups is 1. The lowest BCUT2D eigenvalue weighted by atomic mass is 9.94. The molecular formula is C24H24N2O4S. The third kappa shape index (κ3) is 4.14. The summed E-state index contributed by atoms with van der Waals surface area (Å²) >= 11 is 1.44. The van der Waals surface area contributed by atoms with Gasteiger partial charge in [0.1, 0.15) is 5.75 Å². The number of hydrogen-bond acceptors (Lipinski definition) is 6. The largest absolute Gasteiger partial charge is 0.497 e. The average Bonchev–Trinajstić information content (AvgIpc) is 3.39. The van der Waals surface area contributed by atoms with E-state index in [9.17, 15) is 4.79 Å². The van der Waals surface area contributed by atoms with Gasteiger partial charge in [-0.25, -0.2) is 4.99 Å². The van der Waals surface area contributed by atoms with Gasteiger partial charge in [-0.3, -0.25) is 9.69 Å². The van der Waals surface area contributed by atoms with Crippen LogP contribution >= 0.6 is 11.8 Å². The van der Waals surface area contributed by atoms with Crippen LogP contribution in [0.3, 0.4) is 0 Å². The van der Waals surface area contributed by atoms with Crippen molar-refractivity contribution in [3.8, 4) is 17.2 Å². The molecule has 160 valence electrons. The van der Waals surface area contributed by atoms with Gasteiger partial charge in [-0.2, -0.15) is 0 Å². The second-order valence-corrected chi connectivity index (χ2v) is 8.79. The minimum absolute atomic E-state index is 0.0295. The fourth-order valence-electron chi connectivity index (χ4n) is 4.15. The smallest absolute Gasteiger partial charge is 0.267 e. The molecule has 0 N–H and O–H groups in total. The minimum Gasteiger partial charge on any atom is -0.497 e. The summed E-state index contributed by atoms with van der Waals surface area (Å²) in [5.74, 6) is 2.26. The number of rotatable bonds is 4. The Morgan fingerprint density at radius 3 is 2.61 bits per heavy atom. The fourth-order valence-corrected chi connectivity index (χ4v) is 5.21. The number of hydrogen-bond donors (Lipinski definition) is 0. The van der Waals surface area contributed by atoms with Crippen molar-refractivity contribution >= 4 is 34.6 Å². The molecule has 2 aliphatic heterocycles. The van der Waals surface area contributed by atoms with Crippen LogP contribution in [-0.2, 0) is 4.79 Å². The molecule has 1 aliphatic carbocycles. The Morgan fingerprint density at radius 2 is 1.84 bits per heavy atom. The first-order chi connectivity index (χ1) is 15.2. The number of benzene rings is 2. The zero-order chi connectivity index (χ0) is 21.2. The van der Waals surface area contributed by atoms with Gasteiger partial charge in [0.25, 0.3) is 5.91 Å². The van der Waals surface area contributed by atoms with Crippen LogP contribution in [0.1, 0.15) is 37.7 Å². The van der Waals surface area contributed by atoms with E-state index >= 15 is 0 Å². The monoisotopic (exact) mass is 436 g/mol. The van der Waals surface area contributed by atoms with E-state index in [4.69, 9.17) is 19.2 Å². The van der Waals surface area contributed by atoms with Crippen LogP contribution in [0.2, 0.25) is 0 Å². The third-order valence-corrected chi connectivity index (χ3v) is 6.75. The zero-order valence-corrected chi connectivity index (χ0v) is 18.2. The van der Waals surface area contributed by atoms with E-state index in [1.54, 1.807) is 7.11 Å². The maximum absolute atomic E-state index is 13.4. The van der Waals surface area contributed by atoms with E-state index in [1.165, 1.54) is 18.2 Å². The minimum atomic E-state index is 0.0295. The summed E-state index contributed by atoms with van der Waals surface area (Å²) in [4.78, 5) is 20.8. The highest BCUT2D eigenvalue weighted by molar-refractivity contribution is 8.18. The first kappa shape index (κ1) is 20.0. The number of carbonyl (C=O) groups excluding carboxylic acids is 1. The van der Waals surface area contributed by atoms with Crippen molar-refractivity contribution in [3.63, 3.8) is 0 Å². The molecule has 0 unspecified atom stereocenters. The van der Waals surface area contributed by atoms with Crippen molar-refractivity contribution in [2.75, 3.05) is 13.9 Å². The van der Waals surface area contributed by atoms with Gasteiger partial charge in [0, 0.05) is 6.04 Å². The highest BCUT2D eigenvalue weighted by atomic mass is 32.2. The summed E-state index contributed by atoms with van der Waals surface area (Å²) in [5, 5.41) is 0.745. The Labute approximate surface area is 185 Å². The second-order valence-electron chi connectivity index (χ2n) is 7.78. The normalized spacial score (nSPS) is 21.3. The Balaban J connectivity index is 1.47. The molecule has 1 amide bonds. The SMILES string of the molecule is COc1ccc(N=C2SC(=Cc3ccc4c(c3)OCO4)C(=O)N2C2CCCCC2)cc1. The Bertz CT molecular complexity index is 1040. The first-order valence-electron chi connectivity index (χ1n) is 10.6. The zero-order valence-electron chi connectivity index (χ0n) is 17.4. The summed E-state index contributed by atoms with van der Waals surface area (Å²) in [7, 11) is 1.64. The van der Waals surface area contributed by atoms with E-state index in [2.05, 4.69) is 0 Å². The second kappa shape index (κ2) is 8.67. The molecule has 0 bridgehead atoms. The van der Waals surface area contributed by atoms with Crippen LogP contribution in [0.4, 0.5) is 5.69 Å². The highest BCUT2D eigenvalue weighted by Crippen LogP contribution is 2.40. The van der Waals surface area contributed by atoms with Gasteiger partial charge in [0.05, 0.1) is 17.7 Å². The number of ether oxygens (including phenoxy) is 3. The molecule has 2 heterocycles. The van der Waals surface area contributed by atoms with Crippen LogP contribution in [0.5, 0.6) is 17.2 Å². The van der Waals surface area contributed by atoms with Gasteiger partial charge >= 0.3 is 0 Å². The van der Waals surface area contributed by atoms with E-state index in [0.29, 0.717) is 10.7 Å². The summed E-state index contributed by atoms with van der Waals surface area (Å²) in [6.45, 7) is 0.233. The molecule has 7 heteroatoms. The highest BCUT2D eigenvalue weighted by Gasteiger charge is 2.38. The summed E-state index contributed by atoms with van der Waals surface area (Å²) in [6, 6.07) is 13.5. The lowest BCUT2D eigenvalue weighted by Crippen LogP contribution is -2.40. The molecule has 1 saturated carbocycles. The number of fused-ring (bicyclic) bond motifs is 1. The molecule has 0 spiro atoms. The van der Waals surface area contributed by atoms with E-state index < -0.39 is 0 Å². The molecule has 5 rings (SSSR count). The van der Waals surface area contributed by atoms with Crippen LogP contribution in [0.15, 0.2) is 52.4 Å². The van der Waals surface area contributed by atoms with Crippen molar-refractivity contribution in [3.05, 3.63) is 52.9 Å². The van der Waals surface area contributed by atoms with Gasteiger partial charge < -0.3 is 14.2 Å². The van der Waals surface area contributed by atoms with Crippen molar-refractivity contribution in [1.82, 2.24) is 4.90 Å². The fraction of sp³-hybridized carbons (Fsp3) is 0.333. The van der Waals surface area contributed by atoms with Crippen LogP contribution < -0.4 is 14.2 Å². The Morgan fingerprint density at radius 1 is 1.06 bits per heavy atom. The summed E-state index contributed by atoms with van der Waals surface area (Å²) in [5.41, 5.74) is 1.72. The van der Waals surface area contributed by atoms with Crippen LogP contribution in [0, 0.1) is 0 Å². The number of nitrogens with zero attached hydrogens (tertiary/aromatic N) is 2. The van der Waals surface area contributed by atoms with Crippen molar-refractivity contribution in [1.29, 1.82) is 0 Å². The van der Waals surface area contributed by atoms with Crippen molar-refractivity contribution in [2.45, 2.75) is 38.1 Å². The number of carbonyl (C=O) groups is 1. The lowest BCUT2D eigenvalue weighted by molar-refractivity contribution is -0.124. The van der Waals surface area contributed by atoms with E-state index in [0.717, 1.165) is 53.6 Å². The molecule has 0 radical (unpaired) electrons. The standard InChI is InChI=1S/C24H24N2O4S/c1-28-19-10-8-17(9-11-19)25-24-26(18-5-3-2-4-6-18)23(27)22(31-24)14-16-7-12-20-21(13-16)30-15-29-20/h7-14,18H,2-6,15H2,1H3. The maximum atomic E-state index is 13.4. The van der Waals surface area contributed by atoms with Gasteiger partial charge in [0.15, 0.2) is 16.7 Å². The van der Waals surface area contributed by atoms with Crippen molar-refractivity contribution < 1.29 is 19.0 Å². The Hall–Kier alpha value is -2.93. The molecule has 31 heavy (non-hydrogen) atoms. The lowest BCUT2D eigenvalue weighted by Gasteiger charge is -2.30. The quantitative estimate of drug-likeness (QED) is 0.604. The Kier molecular flexibility index (Phi) is 5.59. The number of amides is 1. The molecule has 0 atom stereocenters. The molecule has 1 saturated heterocycles. The summed E-state index contributed by atoms with van der Waals surface area (Å²) in [6.07, 6.45) is 7.49. The first-order valence-corrected chi connectivity index (χ1v) is 11.4. The molecule has 2 fully saturated rings. The molecule has 0 aromatic heterocycles. The van der Waals surface area contributed by atoms with Gasteiger partial charge in [-0.1, -0.05) is 25.3 Å². The summed E-state index contributed by atoms with van der Waals surface area (Å²) < 4.78 is 16.1. The number of thioether (sulfide) groups is 1. The van der Waals surface area contributed by atoms with E-state index in [1.807, 2.05) is 53.4 Å². The molecule has 2 aromatic carbocycles. The van der Waals surface area contributed by atoms with E-state index in [-0.39, 0.29) is 18.7 Å². The van der Waals surface area contributed by atoms with Crippen molar-refractivity contribution in [2.24, 2.45) is 4.99 Å². The third-order valence-electron chi connectivity index (χ3n) is 5.77. The van der Waals surface area contributed by atoms with Gasteiger partial charge in [0.2, 0.25) is 6.79 Å². The van der Waals surface area contributed by atoms with Crippen LogP contribution in [-0.4, -0.2) is 35.9 Å². The molecular weight excluding hydrogens is 412 g/mol. The molecule has 3 aliphatic rings.